The van der Waals surface area contributed by atoms with E-state index in [9.17, 15) is 9.59 Å². The fraction of sp³-hybridized carbons (Fsp3) is 0.350. The first-order valence-corrected chi connectivity index (χ1v) is 8.35. The highest BCUT2D eigenvalue weighted by Gasteiger charge is 2.19. The predicted molar refractivity (Wildman–Crippen MR) is 99.9 cm³/mol. The lowest BCUT2D eigenvalue weighted by atomic mass is 9.86. The van der Waals surface area contributed by atoms with Gasteiger partial charge >= 0.3 is 0 Å². The highest BCUT2D eigenvalue weighted by molar-refractivity contribution is 6.06. The molecule has 0 saturated carbocycles. The molecular weight excluding hydrogens is 314 g/mol. The molecule has 1 heterocycles. The third kappa shape index (κ3) is 4.89. The van der Waals surface area contributed by atoms with Crippen molar-refractivity contribution in [2.75, 3.05) is 5.32 Å². The molecule has 0 aliphatic carbocycles. The molecule has 25 heavy (non-hydrogen) atoms. The smallest absolute Gasteiger partial charge is 0.257 e. The number of hydrogen-bond donors (Lipinski definition) is 2. The maximum absolute atomic E-state index is 12.6. The average molecular weight is 339 g/mol. The van der Waals surface area contributed by atoms with Crippen molar-refractivity contribution in [1.82, 2.24) is 10.3 Å². The number of rotatable bonds is 4. The number of benzene rings is 1. The largest absolute Gasteiger partial charge is 0.350 e. The van der Waals surface area contributed by atoms with Gasteiger partial charge in [-0.05, 0) is 37.0 Å². The van der Waals surface area contributed by atoms with Crippen LogP contribution in [0, 0.1) is 0 Å². The third-order valence-corrected chi connectivity index (χ3v) is 3.67. The summed E-state index contributed by atoms with van der Waals surface area (Å²) in [6.07, 6.45) is 2.92. The van der Waals surface area contributed by atoms with Crippen molar-refractivity contribution < 1.29 is 9.59 Å². The van der Waals surface area contributed by atoms with Gasteiger partial charge in [0.15, 0.2) is 0 Å². The maximum atomic E-state index is 12.6. The van der Waals surface area contributed by atoms with E-state index in [1.165, 1.54) is 12.4 Å². The zero-order chi connectivity index (χ0) is 18.6. The Kier molecular flexibility index (Phi) is 5.57. The van der Waals surface area contributed by atoms with Crippen molar-refractivity contribution in [2.24, 2.45) is 0 Å². The van der Waals surface area contributed by atoms with E-state index >= 15 is 0 Å². The van der Waals surface area contributed by atoms with Gasteiger partial charge < -0.3 is 10.6 Å². The molecule has 0 atom stereocenters. The van der Waals surface area contributed by atoms with Crippen LogP contribution < -0.4 is 10.6 Å². The van der Waals surface area contributed by atoms with Crippen LogP contribution in [-0.2, 0) is 5.41 Å². The number of carbonyl (C=O) groups excluding carboxylic acids is 2. The lowest BCUT2D eigenvalue weighted by Gasteiger charge is -2.23. The molecule has 0 aliphatic rings. The van der Waals surface area contributed by atoms with Crippen LogP contribution in [-0.4, -0.2) is 22.8 Å². The summed E-state index contributed by atoms with van der Waals surface area (Å²) in [7, 11) is 0. The molecule has 2 rings (SSSR count). The lowest BCUT2D eigenvalue weighted by molar-refractivity contribution is 0.0942. The Morgan fingerprint density at radius 2 is 1.60 bits per heavy atom. The van der Waals surface area contributed by atoms with Gasteiger partial charge in [-0.3, -0.25) is 14.6 Å². The Morgan fingerprint density at radius 1 is 1.00 bits per heavy atom. The van der Waals surface area contributed by atoms with Crippen molar-refractivity contribution in [1.29, 1.82) is 0 Å². The molecule has 2 N–H and O–H groups in total. The van der Waals surface area contributed by atoms with Gasteiger partial charge in [0.1, 0.15) is 0 Å². The monoisotopic (exact) mass is 339 g/mol. The fourth-order valence-electron chi connectivity index (χ4n) is 2.47. The first kappa shape index (κ1) is 18.6. The molecule has 2 amide bonds. The van der Waals surface area contributed by atoms with Gasteiger partial charge in [0.05, 0.1) is 11.1 Å². The number of para-hydroxylation sites is 1. The highest BCUT2D eigenvalue weighted by atomic mass is 16.2. The van der Waals surface area contributed by atoms with Crippen molar-refractivity contribution in [3.63, 3.8) is 0 Å². The van der Waals surface area contributed by atoms with E-state index in [4.69, 9.17) is 0 Å². The molecule has 1 aromatic carbocycles. The van der Waals surface area contributed by atoms with Crippen LogP contribution >= 0.6 is 0 Å². The maximum Gasteiger partial charge on any atom is 0.257 e. The van der Waals surface area contributed by atoms with Gasteiger partial charge in [-0.25, -0.2) is 0 Å². The summed E-state index contributed by atoms with van der Waals surface area (Å²) in [6, 6.07) is 9.29. The van der Waals surface area contributed by atoms with Crippen LogP contribution in [0.3, 0.4) is 0 Å². The van der Waals surface area contributed by atoms with Crippen molar-refractivity contribution in [3.8, 4) is 0 Å². The minimum absolute atomic E-state index is 0.0173. The molecule has 0 spiro atoms. The molecule has 0 aliphatic heterocycles. The number of hydrogen-bond acceptors (Lipinski definition) is 3. The van der Waals surface area contributed by atoms with Gasteiger partial charge in [-0.1, -0.05) is 39.0 Å². The van der Waals surface area contributed by atoms with E-state index in [1.54, 1.807) is 6.07 Å². The van der Waals surface area contributed by atoms with E-state index in [0.717, 1.165) is 11.3 Å². The molecule has 0 saturated heterocycles. The SMILES string of the molecule is CC(C)NC(=O)c1cncc(C(=O)Nc2ccccc2C(C)(C)C)c1. The number of carbonyl (C=O) groups is 2. The van der Waals surface area contributed by atoms with Crippen LogP contribution in [0.15, 0.2) is 42.7 Å². The summed E-state index contributed by atoms with van der Waals surface area (Å²) < 4.78 is 0. The Bertz CT molecular complexity index is 777. The Morgan fingerprint density at radius 3 is 2.20 bits per heavy atom. The van der Waals surface area contributed by atoms with E-state index in [0.29, 0.717) is 11.1 Å². The van der Waals surface area contributed by atoms with E-state index < -0.39 is 0 Å². The number of amides is 2. The first-order chi connectivity index (χ1) is 11.7. The minimum atomic E-state index is -0.289. The van der Waals surface area contributed by atoms with E-state index in [-0.39, 0.29) is 23.3 Å². The summed E-state index contributed by atoms with van der Waals surface area (Å²) in [6.45, 7) is 10.0. The molecular formula is C20H25N3O2. The minimum Gasteiger partial charge on any atom is -0.350 e. The number of nitrogens with one attached hydrogen (secondary N) is 2. The Balaban J connectivity index is 2.24. The van der Waals surface area contributed by atoms with E-state index in [2.05, 4.69) is 36.4 Å². The molecule has 1 aromatic heterocycles. The molecule has 0 fully saturated rings. The predicted octanol–water partition coefficient (Wildman–Crippen LogP) is 3.77. The normalized spacial score (nSPS) is 11.3. The standard InChI is InChI=1S/C20H25N3O2/c1-13(2)22-18(24)14-10-15(12-21-11-14)19(25)23-17-9-7-6-8-16(17)20(3,4)5/h6-13H,1-5H3,(H,22,24)(H,23,25). The van der Waals surface area contributed by atoms with Crippen LogP contribution in [0.5, 0.6) is 0 Å². The van der Waals surface area contributed by atoms with Gasteiger partial charge in [-0.15, -0.1) is 0 Å². The zero-order valence-electron chi connectivity index (χ0n) is 15.4. The van der Waals surface area contributed by atoms with E-state index in [1.807, 2.05) is 38.1 Å². The second-order valence-electron chi connectivity index (χ2n) is 7.34. The summed E-state index contributed by atoms with van der Waals surface area (Å²) in [5.74, 6) is -0.532. The molecule has 0 unspecified atom stereocenters. The summed E-state index contributed by atoms with van der Waals surface area (Å²) in [4.78, 5) is 28.7. The fourth-order valence-corrected chi connectivity index (χ4v) is 2.47. The molecule has 2 aromatic rings. The van der Waals surface area contributed by atoms with Crippen molar-refractivity contribution in [2.45, 2.75) is 46.1 Å². The molecule has 0 bridgehead atoms. The number of pyridine rings is 1. The van der Waals surface area contributed by atoms with Crippen molar-refractivity contribution in [3.05, 3.63) is 59.4 Å². The topological polar surface area (TPSA) is 71.1 Å². The van der Waals surface area contributed by atoms with Crippen LogP contribution in [0.25, 0.3) is 0 Å². The number of aromatic nitrogens is 1. The average Bonchev–Trinajstić information content (AvgIpc) is 2.54. The molecule has 5 heteroatoms. The summed E-state index contributed by atoms with van der Waals surface area (Å²) in [5.41, 5.74) is 2.42. The van der Waals surface area contributed by atoms with Crippen LogP contribution in [0.2, 0.25) is 0 Å². The summed E-state index contributed by atoms with van der Waals surface area (Å²) in [5, 5.41) is 5.72. The second-order valence-corrected chi connectivity index (χ2v) is 7.34. The van der Waals surface area contributed by atoms with Crippen LogP contribution in [0.1, 0.15) is 60.9 Å². The quantitative estimate of drug-likeness (QED) is 0.891. The molecule has 5 nitrogen and oxygen atoms in total. The van der Waals surface area contributed by atoms with Gasteiger partial charge in [0, 0.05) is 24.1 Å². The molecule has 132 valence electrons. The van der Waals surface area contributed by atoms with Crippen molar-refractivity contribution >= 4 is 17.5 Å². The third-order valence-electron chi connectivity index (χ3n) is 3.67. The van der Waals surface area contributed by atoms with Gasteiger partial charge in [0.2, 0.25) is 0 Å². The second kappa shape index (κ2) is 7.47. The number of nitrogens with zero attached hydrogens (tertiary/aromatic N) is 1. The Labute approximate surface area is 148 Å². The van der Waals surface area contributed by atoms with Gasteiger partial charge in [0.25, 0.3) is 11.8 Å². The molecule has 0 radical (unpaired) electrons. The first-order valence-electron chi connectivity index (χ1n) is 8.35. The lowest BCUT2D eigenvalue weighted by Crippen LogP contribution is -2.30. The zero-order valence-corrected chi connectivity index (χ0v) is 15.4. The summed E-state index contributed by atoms with van der Waals surface area (Å²) >= 11 is 0. The van der Waals surface area contributed by atoms with Crippen LogP contribution in [0.4, 0.5) is 5.69 Å². The Hall–Kier alpha value is -2.69. The van der Waals surface area contributed by atoms with Gasteiger partial charge in [-0.2, -0.15) is 0 Å². The highest BCUT2D eigenvalue weighted by Crippen LogP contribution is 2.29. The number of anilines is 1.